The second-order valence-electron chi connectivity index (χ2n) is 4.99. The molecule has 2 rings (SSSR count). The van der Waals surface area contributed by atoms with Gasteiger partial charge in [0.15, 0.2) is 5.82 Å². The Morgan fingerprint density at radius 3 is 2.36 bits per heavy atom. The van der Waals surface area contributed by atoms with Crippen LogP contribution < -0.4 is 9.64 Å². The third-order valence-corrected chi connectivity index (χ3v) is 3.37. The van der Waals surface area contributed by atoms with Gasteiger partial charge in [-0.05, 0) is 13.0 Å². The Bertz CT molecular complexity index is 464. The fraction of sp³-hybridized carbons (Fsp3) is 0.692. The summed E-state index contributed by atoms with van der Waals surface area (Å²) in [5, 5.41) is 7.91. The van der Waals surface area contributed by atoms with Crippen molar-refractivity contribution < 1.29 is 22.3 Å². The van der Waals surface area contributed by atoms with Crippen LogP contribution in [-0.2, 0) is 0 Å². The lowest BCUT2D eigenvalue weighted by Crippen LogP contribution is -2.51. The van der Waals surface area contributed by atoms with Gasteiger partial charge in [0.25, 0.3) is 0 Å². The van der Waals surface area contributed by atoms with E-state index in [1.807, 2.05) is 11.8 Å². The molecule has 0 aliphatic carbocycles. The maximum absolute atomic E-state index is 13.0. The van der Waals surface area contributed by atoms with E-state index in [9.17, 15) is 17.6 Å². The van der Waals surface area contributed by atoms with Gasteiger partial charge in [-0.1, -0.05) is 0 Å². The van der Waals surface area contributed by atoms with Crippen molar-refractivity contribution >= 4 is 5.82 Å². The first-order chi connectivity index (χ1) is 10.4. The largest absolute Gasteiger partial charge is 0.477 e. The highest BCUT2D eigenvalue weighted by molar-refractivity contribution is 5.38. The highest BCUT2D eigenvalue weighted by atomic mass is 19.3. The standard InChI is InChI=1S/C13H18F4N4O/c1-2-22-11-4-3-10(18-19-11)21-7-5-20(6-8-21)9-13(16,17)12(14)15/h3-4,12H,2,5-9H2,1H3. The van der Waals surface area contributed by atoms with Gasteiger partial charge in [0.2, 0.25) is 5.88 Å². The zero-order valence-electron chi connectivity index (χ0n) is 12.2. The highest BCUT2D eigenvalue weighted by Gasteiger charge is 2.42. The number of piperazine rings is 1. The first-order valence-corrected chi connectivity index (χ1v) is 7.02. The molecular formula is C13H18F4N4O. The molecule has 1 aromatic heterocycles. The van der Waals surface area contributed by atoms with Crippen LogP contribution in [0.4, 0.5) is 23.4 Å². The van der Waals surface area contributed by atoms with Crippen LogP contribution in [0.25, 0.3) is 0 Å². The van der Waals surface area contributed by atoms with E-state index < -0.39 is 18.9 Å². The van der Waals surface area contributed by atoms with Gasteiger partial charge in [0.1, 0.15) is 0 Å². The normalized spacial score (nSPS) is 17.1. The van der Waals surface area contributed by atoms with Gasteiger partial charge < -0.3 is 9.64 Å². The number of aromatic nitrogens is 2. The number of hydrogen-bond acceptors (Lipinski definition) is 5. The van der Waals surface area contributed by atoms with Crippen molar-refractivity contribution in [2.45, 2.75) is 19.3 Å². The zero-order chi connectivity index (χ0) is 16.2. The lowest BCUT2D eigenvalue weighted by molar-refractivity contribution is -0.142. The molecule has 1 aromatic rings. The molecule has 0 saturated carbocycles. The minimum atomic E-state index is -3.97. The second kappa shape index (κ2) is 7.08. The fourth-order valence-electron chi connectivity index (χ4n) is 2.21. The van der Waals surface area contributed by atoms with Crippen molar-refractivity contribution in [1.29, 1.82) is 0 Å². The highest BCUT2D eigenvalue weighted by Crippen LogP contribution is 2.25. The molecule has 0 atom stereocenters. The molecule has 9 heteroatoms. The summed E-state index contributed by atoms with van der Waals surface area (Å²) in [6, 6.07) is 3.42. The van der Waals surface area contributed by atoms with Crippen molar-refractivity contribution in [3.63, 3.8) is 0 Å². The van der Waals surface area contributed by atoms with Crippen molar-refractivity contribution in [3.05, 3.63) is 12.1 Å². The molecule has 2 heterocycles. The summed E-state index contributed by atoms with van der Waals surface area (Å²) in [5.74, 6) is -2.94. The molecule has 0 radical (unpaired) electrons. The Morgan fingerprint density at radius 1 is 1.18 bits per heavy atom. The molecule has 0 bridgehead atoms. The summed E-state index contributed by atoms with van der Waals surface area (Å²) in [7, 11) is 0. The number of ether oxygens (including phenoxy) is 1. The minimum absolute atomic E-state index is 0.275. The summed E-state index contributed by atoms with van der Waals surface area (Å²) < 4.78 is 55.6. The number of hydrogen-bond donors (Lipinski definition) is 0. The maximum atomic E-state index is 13.0. The van der Waals surface area contributed by atoms with Crippen molar-refractivity contribution in [1.82, 2.24) is 15.1 Å². The van der Waals surface area contributed by atoms with Gasteiger partial charge >= 0.3 is 12.3 Å². The molecule has 1 aliphatic rings. The summed E-state index contributed by atoms with van der Waals surface area (Å²) in [5.41, 5.74) is 0. The number of anilines is 1. The van der Waals surface area contributed by atoms with Gasteiger partial charge in [-0.15, -0.1) is 10.2 Å². The lowest BCUT2D eigenvalue weighted by Gasteiger charge is -2.36. The summed E-state index contributed by atoms with van der Waals surface area (Å²) in [6.07, 6.45) is -3.64. The molecule has 0 spiro atoms. The second-order valence-corrected chi connectivity index (χ2v) is 4.99. The van der Waals surface area contributed by atoms with E-state index in [-0.39, 0.29) is 13.1 Å². The quantitative estimate of drug-likeness (QED) is 0.748. The molecule has 5 nitrogen and oxygen atoms in total. The van der Waals surface area contributed by atoms with E-state index in [0.717, 1.165) is 0 Å². The molecular weight excluding hydrogens is 304 g/mol. The van der Waals surface area contributed by atoms with Crippen molar-refractivity contribution in [2.75, 3.05) is 44.2 Å². The average Bonchev–Trinajstić information content (AvgIpc) is 2.49. The van der Waals surface area contributed by atoms with Crippen LogP contribution in [0, 0.1) is 0 Å². The van der Waals surface area contributed by atoms with Crippen LogP contribution in [0.1, 0.15) is 6.92 Å². The Kier molecular flexibility index (Phi) is 5.38. The van der Waals surface area contributed by atoms with Crippen LogP contribution >= 0.6 is 0 Å². The van der Waals surface area contributed by atoms with Crippen LogP contribution in [-0.4, -0.2) is 66.8 Å². The van der Waals surface area contributed by atoms with Gasteiger partial charge in [0.05, 0.1) is 13.2 Å². The molecule has 0 aromatic carbocycles. The van der Waals surface area contributed by atoms with Gasteiger partial charge in [-0.2, -0.15) is 8.78 Å². The van der Waals surface area contributed by atoms with Crippen molar-refractivity contribution in [2.24, 2.45) is 0 Å². The van der Waals surface area contributed by atoms with Gasteiger partial charge in [-0.3, -0.25) is 4.90 Å². The maximum Gasteiger partial charge on any atom is 0.319 e. The SMILES string of the molecule is CCOc1ccc(N2CCN(CC(F)(F)C(F)F)CC2)nn1. The van der Waals surface area contributed by atoms with Gasteiger partial charge in [-0.25, -0.2) is 8.78 Å². The summed E-state index contributed by atoms with van der Waals surface area (Å²) in [6.45, 7) is 2.82. The first-order valence-electron chi connectivity index (χ1n) is 7.02. The number of rotatable bonds is 6. The molecule has 1 saturated heterocycles. The van der Waals surface area contributed by atoms with E-state index in [1.165, 1.54) is 4.90 Å². The van der Waals surface area contributed by atoms with Gasteiger partial charge in [0, 0.05) is 32.2 Å². The Balaban J connectivity index is 1.86. The van der Waals surface area contributed by atoms with Crippen LogP contribution in [0.3, 0.4) is 0 Å². The molecule has 124 valence electrons. The number of nitrogens with zero attached hydrogens (tertiary/aromatic N) is 4. The smallest absolute Gasteiger partial charge is 0.319 e. The number of alkyl halides is 4. The predicted molar refractivity (Wildman–Crippen MR) is 72.8 cm³/mol. The lowest BCUT2D eigenvalue weighted by atomic mass is 10.2. The predicted octanol–water partition coefficient (Wildman–Crippen LogP) is 1.90. The van der Waals surface area contributed by atoms with E-state index >= 15 is 0 Å². The van der Waals surface area contributed by atoms with E-state index in [4.69, 9.17) is 4.74 Å². The molecule has 1 aliphatic heterocycles. The molecule has 1 fully saturated rings. The van der Waals surface area contributed by atoms with Crippen molar-refractivity contribution in [3.8, 4) is 5.88 Å². The molecule has 0 unspecified atom stereocenters. The Labute approximate surface area is 125 Å². The first kappa shape index (κ1) is 16.7. The molecule has 0 N–H and O–H groups in total. The third kappa shape index (κ3) is 4.19. The van der Waals surface area contributed by atoms with E-state index in [1.54, 1.807) is 12.1 Å². The molecule has 22 heavy (non-hydrogen) atoms. The number of halogens is 4. The van der Waals surface area contributed by atoms with Crippen LogP contribution in [0.5, 0.6) is 5.88 Å². The van der Waals surface area contributed by atoms with Crippen LogP contribution in [0.2, 0.25) is 0 Å². The minimum Gasteiger partial charge on any atom is -0.477 e. The Morgan fingerprint density at radius 2 is 1.86 bits per heavy atom. The average molecular weight is 322 g/mol. The topological polar surface area (TPSA) is 41.5 Å². The summed E-state index contributed by atoms with van der Waals surface area (Å²) in [4.78, 5) is 3.21. The Hall–Kier alpha value is -1.64. The monoisotopic (exact) mass is 322 g/mol. The summed E-state index contributed by atoms with van der Waals surface area (Å²) >= 11 is 0. The van der Waals surface area contributed by atoms with E-state index in [2.05, 4.69) is 10.2 Å². The van der Waals surface area contributed by atoms with E-state index in [0.29, 0.717) is 31.4 Å². The molecule has 0 amide bonds. The zero-order valence-corrected chi connectivity index (χ0v) is 12.2. The third-order valence-electron chi connectivity index (χ3n) is 3.37. The fourth-order valence-corrected chi connectivity index (χ4v) is 2.21. The van der Waals surface area contributed by atoms with Crippen LogP contribution in [0.15, 0.2) is 12.1 Å².